The van der Waals surface area contributed by atoms with Crippen LogP contribution in [0, 0.1) is 0 Å². The second-order valence-electron chi connectivity index (χ2n) is 5.01. The molecule has 9 heteroatoms. The minimum Gasteiger partial charge on any atom is -0.444 e. The summed E-state index contributed by atoms with van der Waals surface area (Å²) in [5, 5.41) is 3.57. The molecule has 0 aromatic carbocycles. The number of alkyl carbamates (subject to hydrolysis) is 1. The minimum absolute atomic E-state index is 0.767. The Balaban J connectivity index is 4.24. The number of amides is 2. The number of carbonyl (C=O) groups excluding carboxylic acids is 3. The van der Waals surface area contributed by atoms with E-state index < -0.39 is 42.1 Å². The maximum atomic E-state index is 11.9. The first-order valence-corrected chi connectivity index (χ1v) is 5.70. The average molecular weight is 298 g/mol. The number of nitrogens with one attached hydrogen (secondary N) is 2. The number of Topliss-reactive ketones (excluding diaryl/α,β-unsaturated/α-hetero) is 1. The second kappa shape index (κ2) is 6.58. The van der Waals surface area contributed by atoms with Crippen LogP contribution in [0.1, 0.15) is 27.7 Å². The number of hydrogen-bond acceptors (Lipinski definition) is 4. The first-order chi connectivity index (χ1) is 8.83. The van der Waals surface area contributed by atoms with Crippen molar-refractivity contribution in [2.24, 2.45) is 0 Å². The molecule has 0 rings (SSSR count). The molecule has 0 fully saturated rings. The van der Waals surface area contributed by atoms with E-state index in [0.717, 1.165) is 0 Å². The summed E-state index contributed by atoms with van der Waals surface area (Å²) in [5.74, 6) is -3.00. The van der Waals surface area contributed by atoms with Gasteiger partial charge in [-0.1, -0.05) is 0 Å². The highest BCUT2D eigenvalue weighted by Gasteiger charge is 2.38. The molecule has 0 saturated heterocycles. The van der Waals surface area contributed by atoms with Crippen LogP contribution in [-0.4, -0.2) is 42.1 Å². The SMILES string of the molecule is C[C@@H](NC(=O)OC(C)(C)C)C(=O)CNC(=O)C(F)(F)F. The fourth-order valence-corrected chi connectivity index (χ4v) is 0.986. The van der Waals surface area contributed by atoms with Crippen LogP contribution in [0.3, 0.4) is 0 Å². The summed E-state index contributed by atoms with van der Waals surface area (Å²) in [4.78, 5) is 33.2. The van der Waals surface area contributed by atoms with Crippen molar-refractivity contribution < 1.29 is 32.3 Å². The van der Waals surface area contributed by atoms with Crippen molar-refractivity contribution in [3.8, 4) is 0 Å². The Morgan fingerprint density at radius 2 is 1.65 bits per heavy atom. The quantitative estimate of drug-likeness (QED) is 0.815. The van der Waals surface area contributed by atoms with Gasteiger partial charge >= 0.3 is 18.2 Å². The van der Waals surface area contributed by atoms with E-state index >= 15 is 0 Å². The molecule has 1 atom stereocenters. The van der Waals surface area contributed by atoms with Crippen LogP contribution in [0.25, 0.3) is 0 Å². The molecule has 0 aliphatic rings. The molecule has 0 aromatic rings. The van der Waals surface area contributed by atoms with Crippen LogP contribution in [0.15, 0.2) is 0 Å². The molecule has 0 unspecified atom stereocenters. The summed E-state index contributed by atoms with van der Waals surface area (Å²) < 4.78 is 40.5. The highest BCUT2D eigenvalue weighted by atomic mass is 19.4. The molecule has 2 N–H and O–H groups in total. The van der Waals surface area contributed by atoms with Crippen LogP contribution >= 0.6 is 0 Å². The highest BCUT2D eigenvalue weighted by Crippen LogP contribution is 2.13. The van der Waals surface area contributed by atoms with Gasteiger partial charge in [0.15, 0.2) is 5.78 Å². The van der Waals surface area contributed by atoms with Crippen molar-refractivity contribution in [2.45, 2.75) is 45.5 Å². The summed E-state index contributed by atoms with van der Waals surface area (Å²) in [5.41, 5.74) is -0.767. The van der Waals surface area contributed by atoms with Gasteiger partial charge in [0.25, 0.3) is 0 Å². The molecule has 0 bridgehead atoms. The number of rotatable bonds is 4. The third kappa shape index (κ3) is 7.59. The Bertz CT molecular complexity index is 388. The van der Waals surface area contributed by atoms with Gasteiger partial charge in [-0.2, -0.15) is 13.2 Å². The van der Waals surface area contributed by atoms with Crippen LogP contribution in [0.5, 0.6) is 0 Å². The third-order valence-corrected chi connectivity index (χ3v) is 1.90. The summed E-state index contributed by atoms with van der Waals surface area (Å²) in [6, 6.07) is -1.08. The largest absolute Gasteiger partial charge is 0.471 e. The van der Waals surface area contributed by atoms with Gasteiger partial charge in [-0.15, -0.1) is 0 Å². The van der Waals surface area contributed by atoms with Crippen molar-refractivity contribution >= 4 is 17.8 Å². The molecule has 0 radical (unpaired) electrons. The predicted octanol–water partition coefficient (Wildman–Crippen LogP) is 1.15. The summed E-state index contributed by atoms with van der Waals surface area (Å²) >= 11 is 0. The molecule has 0 aliphatic heterocycles. The Labute approximate surface area is 114 Å². The van der Waals surface area contributed by atoms with Crippen LogP contribution in [-0.2, 0) is 14.3 Å². The van der Waals surface area contributed by atoms with E-state index in [1.165, 1.54) is 12.2 Å². The van der Waals surface area contributed by atoms with Crippen molar-refractivity contribution in [3.05, 3.63) is 0 Å². The van der Waals surface area contributed by atoms with Gasteiger partial charge in [0.2, 0.25) is 0 Å². The average Bonchev–Trinajstić information content (AvgIpc) is 2.20. The van der Waals surface area contributed by atoms with E-state index in [1.54, 1.807) is 20.8 Å². The Morgan fingerprint density at radius 3 is 2.05 bits per heavy atom. The van der Waals surface area contributed by atoms with E-state index in [2.05, 4.69) is 5.32 Å². The number of ether oxygens (including phenoxy) is 1. The lowest BCUT2D eigenvalue weighted by Crippen LogP contribution is -2.47. The van der Waals surface area contributed by atoms with Crippen molar-refractivity contribution in [2.75, 3.05) is 6.54 Å². The minimum atomic E-state index is -5.05. The summed E-state index contributed by atoms with van der Waals surface area (Å²) in [6.45, 7) is 5.27. The van der Waals surface area contributed by atoms with Gasteiger partial charge in [-0.25, -0.2) is 4.79 Å². The van der Waals surface area contributed by atoms with Crippen molar-refractivity contribution in [1.82, 2.24) is 10.6 Å². The highest BCUT2D eigenvalue weighted by molar-refractivity contribution is 5.92. The fraction of sp³-hybridized carbons (Fsp3) is 0.727. The van der Waals surface area contributed by atoms with Crippen LogP contribution in [0.4, 0.5) is 18.0 Å². The number of alkyl halides is 3. The van der Waals surface area contributed by atoms with Crippen molar-refractivity contribution in [3.63, 3.8) is 0 Å². The van der Waals surface area contributed by atoms with E-state index in [9.17, 15) is 27.6 Å². The van der Waals surface area contributed by atoms with Crippen molar-refractivity contribution in [1.29, 1.82) is 0 Å². The molecule has 0 aliphatic carbocycles. The predicted molar refractivity (Wildman–Crippen MR) is 62.9 cm³/mol. The lowest BCUT2D eigenvalue weighted by atomic mass is 10.2. The van der Waals surface area contributed by atoms with E-state index in [4.69, 9.17) is 4.74 Å². The zero-order chi connectivity index (χ0) is 16.1. The van der Waals surface area contributed by atoms with Gasteiger partial charge in [-0.3, -0.25) is 9.59 Å². The second-order valence-corrected chi connectivity index (χ2v) is 5.01. The van der Waals surface area contributed by atoms with Gasteiger partial charge < -0.3 is 15.4 Å². The summed E-state index contributed by atoms with van der Waals surface area (Å²) in [7, 11) is 0. The molecule has 6 nitrogen and oxygen atoms in total. The zero-order valence-corrected chi connectivity index (χ0v) is 11.6. The van der Waals surface area contributed by atoms with E-state index in [1.807, 2.05) is 0 Å². The monoisotopic (exact) mass is 298 g/mol. The van der Waals surface area contributed by atoms with Gasteiger partial charge in [0.1, 0.15) is 5.60 Å². The molecular weight excluding hydrogens is 281 g/mol. The number of ketones is 1. The van der Waals surface area contributed by atoms with Gasteiger partial charge in [0.05, 0.1) is 12.6 Å². The lowest BCUT2D eigenvalue weighted by molar-refractivity contribution is -0.173. The molecular formula is C11H17F3N2O4. The molecule has 2 amide bonds. The molecule has 0 spiro atoms. The number of hydrogen-bond donors (Lipinski definition) is 2. The Morgan fingerprint density at radius 1 is 1.15 bits per heavy atom. The number of halogens is 3. The van der Waals surface area contributed by atoms with Crippen LogP contribution < -0.4 is 10.6 Å². The van der Waals surface area contributed by atoms with E-state index in [-0.39, 0.29) is 0 Å². The molecule has 20 heavy (non-hydrogen) atoms. The molecule has 0 heterocycles. The first kappa shape index (κ1) is 18.2. The maximum absolute atomic E-state index is 11.9. The van der Waals surface area contributed by atoms with Crippen LogP contribution in [0.2, 0.25) is 0 Å². The Hall–Kier alpha value is -1.80. The fourth-order valence-electron chi connectivity index (χ4n) is 0.986. The normalized spacial score (nSPS) is 13.3. The van der Waals surface area contributed by atoms with E-state index in [0.29, 0.717) is 0 Å². The zero-order valence-electron chi connectivity index (χ0n) is 11.6. The standard InChI is InChI=1S/C11H17F3N2O4/c1-6(16-9(19)20-10(2,3)4)7(17)5-15-8(18)11(12,13)14/h6H,5H2,1-4H3,(H,15,18)(H,16,19)/t6-/m1/s1. The molecule has 0 aromatic heterocycles. The summed E-state index contributed by atoms with van der Waals surface area (Å²) in [6.07, 6.45) is -5.93. The Kier molecular flexibility index (Phi) is 5.98. The first-order valence-electron chi connectivity index (χ1n) is 5.70. The number of carbonyl (C=O) groups is 3. The third-order valence-electron chi connectivity index (χ3n) is 1.90. The van der Waals surface area contributed by atoms with Gasteiger partial charge in [-0.05, 0) is 27.7 Å². The molecule has 116 valence electrons. The smallest absolute Gasteiger partial charge is 0.444 e. The maximum Gasteiger partial charge on any atom is 0.471 e. The lowest BCUT2D eigenvalue weighted by Gasteiger charge is -2.21. The molecule has 0 saturated carbocycles. The van der Waals surface area contributed by atoms with Gasteiger partial charge in [0, 0.05) is 0 Å². The topological polar surface area (TPSA) is 84.5 Å².